The quantitative estimate of drug-likeness (QED) is 0.507. The Morgan fingerprint density at radius 1 is 0.862 bits per heavy atom. The van der Waals surface area contributed by atoms with Crippen LogP contribution in [-0.4, -0.2) is 10.7 Å². The van der Waals surface area contributed by atoms with Crippen LogP contribution in [0.25, 0.3) is 0 Å². The molecule has 4 saturated carbocycles. The Hall–Kier alpha value is -0.0400. The first-order valence-corrected chi connectivity index (χ1v) is 13.1. The van der Waals surface area contributed by atoms with Gasteiger partial charge in [-0.1, -0.05) is 34.6 Å². The third-order valence-electron chi connectivity index (χ3n) is 11.2. The first-order valence-electron chi connectivity index (χ1n) is 13.1. The van der Waals surface area contributed by atoms with E-state index in [0.717, 1.165) is 41.9 Å². The summed E-state index contributed by atoms with van der Waals surface area (Å²) in [5, 5.41) is 10.2. The van der Waals surface area contributed by atoms with Crippen LogP contribution in [0.3, 0.4) is 0 Å². The predicted molar refractivity (Wildman–Crippen MR) is 124 cm³/mol. The van der Waals surface area contributed by atoms with E-state index in [4.69, 9.17) is 0 Å². The van der Waals surface area contributed by atoms with E-state index >= 15 is 0 Å². The topological polar surface area (TPSA) is 20.2 Å². The van der Waals surface area contributed by atoms with Gasteiger partial charge in [-0.2, -0.15) is 0 Å². The molecule has 0 aromatic heterocycles. The fourth-order valence-corrected chi connectivity index (χ4v) is 9.39. The number of hydrogen-bond acceptors (Lipinski definition) is 1. The summed E-state index contributed by atoms with van der Waals surface area (Å²) in [5.41, 5.74) is 1.27. The van der Waals surface area contributed by atoms with Gasteiger partial charge >= 0.3 is 0 Å². The van der Waals surface area contributed by atoms with Crippen molar-refractivity contribution in [3.8, 4) is 0 Å². The van der Waals surface area contributed by atoms with Crippen molar-refractivity contribution in [1.29, 1.82) is 0 Å². The van der Waals surface area contributed by atoms with Gasteiger partial charge in [-0.25, -0.2) is 0 Å². The molecular formula is C28H50O. The van der Waals surface area contributed by atoms with Crippen LogP contribution in [-0.2, 0) is 0 Å². The zero-order valence-corrected chi connectivity index (χ0v) is 20.7. The van der Waals surface area contributed by atoms with Crippen molar-refractivity contribution in [3.05, 3.63) is 0 Å². The van der Waals surface area contributed by atoms with Crippen LogP contribution in [0.4, 0.5) is 0 Å². The molecule has 168 valence electrons. The maximum atomic E-state index is 10.2. The summed E-state index contributed by atoms with van der Waals surface area (Å²) in [5.74, 6) is 5.61. The van der Waals surface area contributed by atoms with Crippen LogP contribution in [0.2, 0.25) is 0 Å². The van der Waals surface area contributed by atoms with Gasteiger partial charge in [0.05, 0.1) is 5.60 Å². The smallest absolute Gasteiger partial charge is 0.0591 e. The van der Waals surface area contributed by atoms with Crippen LogP contribution in [0.1, 0.15) is 119 Å². The van der Waals surface area contributed by atoms with E-state index in [0.29, 0.717) is 16.2 Å². The molecule has 8 atom stereocenters. The summed E-state index contributed by atoms with van der Waals surface area (Å²) in [6, 6.07) is 0. The highest BCUT2D eigenvalue weighted by Crippen LogP contribution is 2.69. The zero-order chi connectivity index (χ0) is 21.2. The molecule has 0 aromatic rings. The summed E-state index contributed by atoms with van der Waals surface area (Å²) in [6.07, 6.45) is 15.5. The van der Waals surface area contributed by atoms with Crippen molar-refractivity contribution < 1.29 is 5.11 Å². The molecular weight excluding hydrogens is 352 g/mol. The fraction of sp³-hybridized carbons (Fsp3) is 1.00. The van der Waals surface area contributed by atoms with Crippen molar-refractivity contribution in [2.24, 2.45) is 51.8 Å². The maximum absolute atomic E-state index is 10.2. The summed E-state index contributed by atoms with van der Waals surface area (Å²) in [6.45, 7) is 16.9. The van der Waals surface area contributed by atoms with Crippen LogP contribution in [0.5, 0.6) is 0 Å². The van der Waals surface area contributed by atoms with E-state index in [1.807, 2.05) is 13.8 Å². The van der Waals surface area contributed by atoms with Crippen molar-refractivity contribution in [1.82, 2.24) is 0 Å². The third kappa shape index (κ3) is 3.85. The summed E-state index contributed by atoms with van der Waals surface area (Å²) < 4.78 is 0. The molecule has 0 bridgehead atoms. The minimum absolute atomic E-state index is 0.507. The lowest BCUT2D eigenvalue weighted by molar-refractivity contribution is -0.129. The predicted octanol–water partition coefficient (Wildman–Crippen LogP) is 7.86. The van der Waals surface area contributed by atoms with Crippen molar-refractivity contribution in [3.63, 3.8) is 0 Å². The summed E-state index contributed by atoms with van der Waals surface area (Å²) in [7, 11) is 0. The summed E-state index contributed by atoms with van der Waals surface area (Å²) in [4.78, 5) is 0. The molecule has 4 rings (SSSR count). The minimum atomic E-state index is -0.507. The normalized spacial score (nSPS) is 47.8. The molecule has 0 radical (unpaired) electrons. The molecule has 1 heteroatoms. The number of aliphatic hydroxyl groups is 1. The van der Waals surface area contributed by atoms with Gasteiger partial charge < -0.3 is 5.11 Å². The lowest BCUT2D eigenvalue weighted by Crippen LogP contribution is -2.54. The van der Waals surface area contributed by atoms with Gasteiger partial charge in [0, 0.05) is 0 Å². The second kappa shape index (κ2) is 7.25. The standard InChI is InChI=1S/C28H50O/c1-19(12-14-26(4,5)29)22-10-11-23-21-9-8-20-18-25(2,3)16-17-27(20,6)24(21)13-15-28(22,23)7/h19-24,29H,8-18H2,1-7H3/t19-,20+,21?,22-,23?,24?,27+,28-/m1/s1. The van der Waals surface area contributed by atoms with Crippen LogP contribution in [0.15, 0.2) is 0 Å². The molecule has 4 aliphatic carbocycles. The maximum Gasteiger partial charge on any atom is 0.0591 e. The SMILES string of the molecule is C[C@H](CCC(C)(C)O)[C@H]1CCC2C3CC[C@H]4CC(C)(C)CC[C@]4(C)C3CC[C@@]21C. The van der Waals surface area contributed by atoms with Crippen LogP contribution < -0.4 is 0 Å². The van der Waals surface area contributed by atoms with Crippen molar-refractivity contribution in [2.75, 3.05) is 0 Å². The van der Waals surface area contributed by atoms with Gasteiger partial charge in [0.25, 0.3) is 0 Å². The second-order valence-electron chi connectivity index (χ2n) is 14.1. The van der Waals surface area contributed by atoms with Gasteiger partial charge in [0.15, 0.2) is 0 Å². The molecule has 1 nitrogen and oxygen atoms in total. The minimum Gasteiger partial charge on any atom is -0.390 e. The van der Waals surface area contributed by atoms with Gasteiger partial charge in [-0.3, -0.25) is 0 Å². The Morgan fingerprint density at radius 3 is 2.24 bits per heavy atom. The largest absolute Gasteiger partial charge is 0.390 e. The second-order valence-corrected chi connectivity index (χ2v) is 14.1. The lowest BCUT2D eigenvalue weighted by atomic mass is 9.43. The van der Waals surface area contributed by atoms with Crippen molar-refractivity contribution >= 4 is 0 Å². The fourth-order valence-electron chi connectivity index (χ4n) is 9.39. The zero-order valence-electron chi connectivity index (χ0n) is 20.7. The average molecular weight is 403 g/mol. The van der Waals surface area contributed by atoms with E-state index in [1.54, 1.807) is 0 Å². The molecule has 3 unspecified atom stereocenters. The van der Waals surface area contributed by atoms with Gasteiger partial charge in [-0.15, -0.1) is 0 Å². The van der Waals surface area contributed by atoms with Crippen molar-refractivity contribution in [2.45, 2.75) is 125 Å². The molecule has 0 saturated heterocycles. The van der Waals surface area contributed by atoms with E-state index in [-0.39, 0.29) is 0 Å². The highest BCUT2D eigenvalue weighted by atomic mass is 16.3. The average Bonchev–Trinajstić information content (AvgIpc) is 2.97. The molecule has 4 fully saturated rings. The molecule has 0 heterocycles. The first kappa shape index (κ1) is 22.2. The lowest BCUT2D eigenvalue weighted by Gasteiger charge is -2.62. The van der Waals surface area contributed by atoms with E-state index < -0.39 is 5.60 Å². The molecule has 1 N–H and O–H groups in total. The Morgan fingerprint density at radius 2 is 1.55 bits per heavy atom. The van der Waals surface area contributed by atoms with E-state index in [2.05, 4.69) is 34.6 Å². The Balaban J connectivity index is 1.49. The molecule has 29 heavy (non-hydrogen) atoms. The van der Waals surface area contributed by atoms with E-state index in [1.165, 1.54) is 64.2 Å². The Bertz CT molecular complexity index is 600. The number of rotatable bonds is 4. The Kier molecular flexibility index (Phi) is 5.54. The first-order chi connectivity index (χ1) is 13.4. The van der Waals surface area contributed by atoms with Gasteiger partial charge in [0.1, 0.15) is 0 Å². The highest BCUT2D eigenvalue weighted by Gasteiger charge is 2.61. The third-order valence-corrected chi connectivity index (χ3v) is 11.2. The molecule has 0 aromatic carbocycles. The molecule has 0 spiro atoms. The number of hydrogen-bond donors (Lipinski definition) is 1. The van der Waals surface area contributed by atoms with E-state index in [9.17, 15) is 5.11 Å². The molecule has 4 aliphatic rings. The highest BCUT2D eigenvalue weighted by molar-refractivity contribution is 5.10. The van der Waals surface area contributed by atoms with Crippen LogP contribution >= 0.6 is 0 Å². The Labute approximate surface area is 181 Å². The molecule has 0 amide bonds. The monoisotopic (exact) mass is 402 g/mol. The number of fused-ring (bicyclic) bond motifs is 5. The summed E-state index contributed by atoms with van der Waals surface area (Å²) >= 11 is 0. The van der Waals surface area contributed by atoms with Gasteiger partial charge in [0.2, 0.25) is 0 Å². The van der Waals surface area contributed by atoms with Crippen LogP contribution in [0, 0.1) is 51.8 Å². The molecule has 0 aliphatic heterocycles. The van der Waals surface area contributed by atoms with Gasteiger partial charge in [-0.05, 0) is 136 Å².